The monoisotopic (exact) mass is 166 g/mol. The first-order valence-corrected chi connectivity index (χ1v) is 3.69. The summed E-state index contributed by atoms with van der Waals surface area (Å²) in [5, 5.41) is 0. The molecule has 1 aromatic rings. The second-order valence-corrected chi connectivity index (χ2v) is 1.98. The second kappa shape index (κ2) is 7.17. The number of allylic oxidation sites excluding steroid dienone is 1. The van der Waals surface area contributed by atoms with Crippen LogP contribution in [0, 0.1) is 0 Å². The third-order valence-corrected chi connectivity index (χ3v) is 1.22. The van der Waals surface area contributed by atoms with Crippen LogP contribution in [0.1, 0.15) is 5.56 Å². The van der Waals surface area contributed by atoms with E-state index in [-0.39, 0.29) is 0 Å². The highest BCUT2D eigenvalue weighted by molar-refractivity contribution is 7.00. The molecule has 0 heterocycles. The normalized spacial score (nSPS) is 7.64. The summed E-state index contributed by atoms with van der Waals surface area (Å²) in [7, 11) is 1.72. The summed E-state index contributed by atoms with van der Waals surface area (Å²) in [5.74, 6) is 0. The molecule has 0 aromatic heterocycles. The molecular weight excluding hydrogens is 155 g/mol. The highest BCUT2D eigenvalue weighted by Crippen LogP contribution is 1.98. The van der Waals surface area contributed by atoms with Gasteiger partial charge in [0.25, 0.3) is 0 Å². The molecule has 0 bridgehead atoms. The quantitative estimate of drug-likeness (QED) is 0.487. The lowest BCUT2D eigenvalue weighted by atomic mass is 10.2. The van der Waals surface area contributed by atoms with Gasteiger partial charge >= 0.3 is 0 Å². The summed E-state index contributed by atoms with van der Waals surface area (Å²) >= 11 is 0. The van der Waals surface area contributed by atoms with Crippen molar-refractivity contribution in [2.24, 2.45) is 0 Å². The van der Waals surface area contributed by atoms with E-state index in [9.17, 15) is 0 Å². The molecule has 0 fully saturated rings. The molecule has 11 heavy (non-hydrogen) atoms. The van der Waals surface area contributed by atoms with Crippen LogP contribution in [0.15, 0.2) is 43.0 Å². The molecule has 0 unspecified atom stereocenters. The van der Waals surface area contributed by atoms with Gasteiger partial charge in [-0.15, -0.1) is 6.58 Å². The smallest absolute Gasteiger partial charge is 0.138 e. The lowest BCUT2D eigenvalue weighted by Gasteiger charge is -1.91. The van der Waals surface area contributed by atoms with Gasteiger partial charge in [-0.1, -0.05) is 36.4 Å². The van der Waals surface area contributed by atoms with Crippen molar-refractivity contribution >= 4 is 9.12 Å². The van der Waals surface area contributed by atoms with Gasteiger partial charge in [-0.3, -0.25) is 4.57 Å². The molecule has 0 atom stereocenters. The third kappa shape index (κ3) is 4.46. The average molecular weight is 166 g/mol. The fraction of sp³-hybridized carbons (Fsp3) is 0.111. The number of hydrogen-bond acceptors (Lipinski definition) is 1. The van der Waals surface area contributed by atoms with E-state index < -0.39 is 0 Å². The molecule has 0 saturated heterocycles. The van der Waals surface area contributed by atoms with E-state index in [1.807, 2.05) is 24.3 Å². The summed E-state index contributed by atoms with van der Waals surface area (Å²) in [6, 6.07) is 10.3. The van der Waals surface area contributed by atoms with Crippen LogP contribution in [-0.4, -0.2) is 0 Å². The summed E-state index contributed by atoms with van der Waals surface area (Å²) < 4.78 is 8.06. The maximum atomic E-state index is 8.06. The van der Waals surface area contributed by atoms with Crippen molar-refractivity contribution in [1.29, 1.82) is 0 Å². The van der Waals surface area contributed by atoms with Gasteiger partial charge in [0.1, 0.15) is 9.12 Å². The fourth-order valence-corrected chi connectivity index (χ4v) is 0.781. The Kier molecular flexibility index (Phi) is 6.56. The van der Waals surface area contributed by atoms with Crippen molar-refractivity contribution in [1.82, 2.24) is 0 Å². The Morgan fingerprint density at radius 1 is 1.27 bits per heavy atom. The molecule has 0 aliphatic heterocycles. The van der Waals surface area contributed by atoms with Crippen LogP contribution < -0.4 is 0 Å². The zero-order chi connectivity index (χ0) is 8.53. The van der Waals surface area contributed by atoms with Crippen molar-refractivity contribution in [3.8, 4) is 0 Å². The van der Waals surface area contributed by atoms with Gasteiger partial charge in [0.05, 0.1) is 0 Å². The molecule has 0 aliphatic carbocycles. The maximum Gasteiger partial charge on any atom is 0.138 e. The fourth-order valence-electron chi connectivity index (χ4n) is 0.781. The van der Waals surface area contributed by atoms with Crippen molar-refractivity contribution < 1.29 is 4.57 Å². The van der Waals surface area contributed by atoms with Crippen LogP contribution in [0.4, 0.5) is 0 Å². The van der Waals surface area contributed by atoms with Crippen molar-refractivity contribution in [3.05, 3.63) is 48.6 Å². The highest BCUT2D eigenvalue weighted by atomic mass is 31.0. The van der Waals surface area contributed by atoms with E-state index in [0.29, 0.717) is 0 Å². The highest BCUT2D eigenvalue weighted by Gasteiger charge is 1.82. The van der Waals surface area contributed by atoms with Gasteiger partial charge in [-0.05, 0) is 12.0 Å². The van der Waals surface area contributed by atoms with E-state index in [1.54, 1.807) is 9.12 Å². The minimum absolute atomic E-state index is 0.973. The summed E-state index contributed by atoms with van der Waals surface area (Å²) in [6.45, 7) is 3.66. The summed E-state index contributed by atoms with van der Waals surface area (Å²) in [5.41, 5.74) is 1.33. The van der Waals surface area contributed by atoms with Gasteiger partial charge in [0.2, 0.25) is 0 Å². The first-order valence-electron chi connectivity index (χ1n) is 3.28. The topological polar surface area (TPSA) is 17.1 Å². The van der Waals surface area contributed by atoms with E-state index >= 15 is 0 Å². The van der Waals surface area contributed by atoms with Crippen LogP contribution in [0.5, 0.6) is 0 Å². The van der Waals surface area contributed by atoms with Crippen molar-refractivity contribution in [2.45, 2.75) is 6.42 Å². The predicted molar refractivity (Wildman–Crippen MR) is 49.3 cm³/mol. The first kappa shape index (κ1) is 10.1. The van der Waals surface area contributed by atoms with Crippen molar-refractivity contribution in [2.75, 3.05) is 0 Å². The Morgan fingerprint density at radius 2 is 1.82 bits per heavy atom. The zero-order valence-electron chi connectivity index (χ0n) is 6.29. The minimum atomic E-state index is 0.973. The second-order valence-electron chi connectivity index (χ2n) is 1.98. The molecule has 0 N–H and O–H groups in total. The summed E-state index contributed by atoms with van der Waals surface area (Å²) in [4.78, 5) is 0. The van der Waals surface area contributed by atoms with Gasteiger partial charge in [-0.25, -0.2) is 0 Å². The molecule has 0 aliphatic rings. The standard InChI is InChI=1S/C9H10.HOP/c1-2-6-9-7-4-3-5-8-9;1-2/h2-5,7-8H,1,6H2;2H. The molecule has 58 valence electrons. The molecule has 2 heteroatoms. The Balaban J connectivity index is 0.000000461. The number of benzene rings is 1. The molecule has 0 radical (unpaired) electrons. The molecule has 1 nitrogen and oxygen atoms in total. The zero-order valence-corrected chi connectivity index (χ0v) is 7.29. The molecule has 0 saturated carbocycles. The van der Waals surface area contributed by atoms with Gasteiger partial charge in [-0.2, -0.15) is 0 Å². The van der Waals surface area contributed by atoms with Gasteiger partial charge in [0.15, 0.2) is 0 Å². The largest absolute Gasteiger partial charge is 0.279 e. The number of hydrogen-bond donors (Lipinski definition) is 0. The third-order valence-electron chi connectivity index (χ3n) is 1.22. The van der Waals surface area contributed by atoms with E-state index in [4.69, 9.17) is 4.57 Å². The Bertz CT molecular complexity index is 196. The summed E-state index contributed by atoms with van der Waals surface area (Å²) in [6.07, 6.45) is 2.89. The van der Waals surface area contributed by atoms with Crippen LogP contribution in [0.25, 0.3) is 0 Å². The van der Waals surface area contributed by atoms with Gasteiger partial charge < -0.3 is 0 Å². The van der Waals surface area contributed by atoms with Crippen LogP contribution in [-0.2, 0) is 11.0 Å². The first-order chi connectivity index (χ1) is 5.43. The maximum absolute atomic E-state index is 8.06. The van der Waals surface area contributed by atoms with E-state index in [1.165, 1.54) is 5.56 Å². The minimum Gasteiger partial charge on any atom is -0.279 e. The lowest BCUT2D eigenvalue weighted by Crippen LogP contribution is -1.75. The molecule has 0 spiro atoms. The van der Waals surface area contributed by atoms with Crippen LogP contribution >= 0.6 is 9.12 Å². The molecule has 1 aromatic carbocycles. The van der Waals surface area contributed by atoms with E-state index in [2.05, 4.69) is 18.7 Å². The van der Waals surface area contributed by atoms with Crippen LogP contribution in [0.3, 0.4) is 0 Å². The van der Waals surface area contributed by atoms with Gasteiger partial charge in [0, 0.05) is 0 Å². The predicted octanol–water partition coefficient (Wildman–Crippen LogP) is 2.89. The van der Waals surface area contributed by atoms with E-state index in [0.717, 1.165) is 6.42 Å². The lowest BCUT2D eigenvalue weighted by molar-refractivity contribution is 0.607. The van der Waals surface area contributed by atoms with Crippen LogP contribution in [0.2, 0.25) is 0 Å². The average Bonchev–Trinajstić information content (AvgIpc) is 2.11. The molecular formula is C9H11OP. The molecule has 0 amide bonds. The van der Waals surface area contributed by atoms with Crippen molar-refractivity contribution in [3.63, 3.8) is 0 Å². The SMILES string of the molecule is C=CCc1ccccc1.O=P. The molecule has 1 rings (SSSR count). The Hall–Kier alpha value is -0.940. The Morgan fingerprint density at radius 3 is 2.27 bits per heavy atom. The Labute approximate surface area is 69.4 Å². The number of rotatable bonds is 2.